The van der Waals surface area contributed by atoms with E-state index in [0.717, 1.165) is 5.39 Å². The highest BCUT2D eigenvalue weighted by molar-refractivity contribution is 5.78. The zero-order valence-corrected chi connectivity index (χ0v) is 7.34. The standard InChI is InChI=1S/C11H8F2O/c12-11(13)6-8(11)10-5-7-3-1-2-4-9(7)14-10/h1-5,8H,6H2. The van der Waals surface area contributed by atoms with Gasteiger partial charge in [0.1, 0.15) is 11.3 Å². The van der Waals surface area contributed by atoms with Crippen molar-refractivity contribution < 1.29 is 13.2 Å². The van der Waals surface area contributed by atoms with Crippen molar-refractivity contribution in [2.24, 2.45) is 0 Å². The molecule has 0 aliphatic heterocycles. The molecule has 14 heavy (non-hydrogen) atoms. The molecular weight excluding hydrogens is 186 g/mol. The van der Waals surface area contributed by atoms with E-state index in [1.54, 1.807) is 12.1 Å². The quantitative estimate of drug-likeness (QED) is 0.676. The molecule has 72 valence electrons. The maximum Gasteiger partial charge on any atom is 0.259 e. The SMILES string of the molecule is FC1(F)CC1c1cc2ccccc2o1. The second-order valence-corrected chi connectivity index (χ2v) is 3.70. The number of hydrogen-bond acceptors (Lipinski definition) is 1. The van der Waals surface area contributed by atoms with Gasteiger partial charge in [-0.25, -0.2) is 8.78 Å². The second kappa shape index (κ2) is 2.35. The predicted molar refractivity (Wildman–Crippen MR) is 48.5 cm³/mol. The summed E-state index contributed by atoms with van der Waals surface area (Å²) in [6.45, 7) is 0. The van der Waals surface area contributed by atoms with Gasteiger partial charge < -0.3 is 4.42 Å². The molecule has 1 atom stereocenters. The van der Waals surface area contributed by atoms with Gasteiger partial charge in [-0.05, 0) is 12.1 Å². The van der Waals surface area contributed by atoms with E-state index in [9.17, 15) is 8.78 Å². The van der Waals surface area contributed by atoms with Gasteiger partial charge in [0, 0.05) is 11.8 Å². The van der Waals surface area contributed by atoms with Crippen LogP contribution in [-0.2, 0) is 0 Å². The molecule has 1 nitrogen and oxygen atoms in total. The number of halogens is 2. The number of hydrogen-bond donors (Lipinski definition) is 0. The Balaban J connectivity index is 2.08. The lowest BCUT2D eigenvalue weighted by molar-refractivity contribution is 0.109. The van der Waals surface area contributed by atoms with Crippen LogP contribution in [-0.4, -0.2) is 5.92 Å². The van der Waals surface area contributed by atoms with Crippen molar-refractivity contribution in [3.8, 4) is 0 Å². The summed E-state index contributed by atoms with van der Waals surface area (Å²) < 4.78 is 30.8. The van der Waals surface area contributed by atoms with Gasteiger partial charge in [-0.1, -0.05) is 18.2 Å². The Morgan fingerprint density at radius 1 is 1.29 bits per heavy atom. The van der Waals surface area contributed by atoms with E-state index >= 15 is 0 Å². The number of furan rings is 1. The lowest BCUT2D eigenvalue weighted by Gasteiger charge is -1.91. The number of benzene rings is 1. The monoisotopic (exact) mass is 194 g/mol. The van der Waals surface area contributed by atoms with Crippen molar-refractivity contribution in [2.75, 3.05) is 0 Å². The summed E-state index contributed by atoms with van der Waals surface area (Å²) in [6, 6.07) is 9.07. The van der Waals surface area contributed by atoms with E-state index in [-0.39, 0.29) is 6.42 Å². The van der Waals surface area contributed by atoms with Crippen LogP contribution in [0.5, 0.6) is 0 Å². The molecule has 1 saturated carbocycles. The van der Waals surface area contributed by atoms with E-state index in [1.165, 1.54) is 0 Å². The predicted octanol–water partition coefficient (Wildman–Crippen LogP) is 3.56. The Kier molecular flexibility index (Phi) is 1.34. The fourth-order valence-electron chi connectivity index (χ4n) is 1.70. The van der Waals surface area contributed by atoms with Gasteiger partial charge in [0.2, 0.25) is 0 Å². The number of para-hydroxylation sites is 1. The van der Waals surface area contributed by atoms with Crippen LogP contribution in [0, 0.1) is 0 Å². The van der Waals surface area contributed by atoms with Crippen molar-refractivity contribution in [2.45, 2.75) is 18.3 Å². The molecule has 1 aromatic carbocycles. The van der Waals surface area contributed by atoms with Gasteiger partial charge in [0.15, 0.2) is 0 Å². The Labute approximate surface area is 79.3 Å². The summed E-state index contributed by atoms with van der Waals surface area (Å²) in [5.74, 6) is -2.83. The van der Waals surface area contributed by atoms with E-state index in [2.05, 4.69) is 0 Å². The summed E-state index contributed by atoms with van der Waals surface area (Å²) in [7, 11) is 0. The summed E-state index contributed by atoms with van der Waals surface area (Å²) >= 11 is 0. The van der Waals surface area contributed by atoms with Crippen LogP contribution >= 0.6 is 0 Å². The van der Waals surface area contributed by atoms with Gasteiger partial charge in [-0.15, -0.1) is 0 Å². The highest BCUT2D eigenvalue weighted by Crippen LogP contribution is 2.56. The van der Waals surface area contributed by atoms with Crippen molar-refractivity contribution >= 4 is 11.0 Å². The first-order valence-corrected chi connectivity index (χ1v) is 4.53. The third-order valence-corrected chi connectivity index (χ3v) is 2.61. The summed E-state index contributed by atoms with van der Waals surface area (Å²) in [6.07, 6.45) is -0.0766. The van der Waals surface area contributed by atoms with Crippen LogP contribution in [0.1, 0.15) is 18.1 Å². The maximum atomic E-state index is 12.8. The van der Waals surface area contributed by atoms with Crippen LogP contribution in [0.3, 0.4) is 0 Å². The lowest BCUT2D eigenvalue weighted by atomic mass is 10.2. The molecule has 3 rings (SSSR count). The Morgan fingerprint density at radius 2 is 2.00 bits per heavy atom. The summed E-state index contributed by atoms with van der Waals surface area (Å²) in [5.41, 5.74) is 0.685. The van der Waals surface area contributed by atoms with Gasteiger partial charge in [-0.3, -0.25) is 0 Å². The highest BCUT2D eigenvalue weighted by Gasteiger charge is 2.59. The van der Waals surface area contributed by atoms with E-state index in [4.69, 9.17) is 4.42 Å². The van der Waals surface area contributed by atoms with E-state index in [1.807, 2.05) is 18.2 Å². The zero-order chi connectivity index (χ0) is 9.76. The second-order valence-electron chi connectivity index (χ2n) is 3.70. The van der Waals surface area contributed by atoms with Crippen LogP contribution < -0.4 is 0 Å². The molecule has 1 aromatic heterocycles. The van der Waals surface area contributed by atoms with E-state index < -0.39 is 11.8 Å². The molecule has 2 aromatic rings. The number of alkyl halides is 2. The molecule has 1 unspecified atom stereocenters. The Bertz CT molecular complexity index is 454. The molecule has 0 bridgehead atoms. The van der Waals surface area contributed by atoms with Gasteiger partial charge in [0.25, 0.3) is 5.92 Å². The molecule has 0 radical (unpaired) electrons. The Morgan fingerprint density at radius 3 is 2.64 bits per heavy atom. The molecule has 0 N–H and O–H groups in total. The third kappa shape index (κ3) is 1.05. The van der Waals surface area contributed by atoms with Crippen LogP contribution in [0.4, 0.5) is 8.78 Å². The fourth-order valence-corrected chi connectivity index (χ4v) is 1.70. The van der Waals surface area contributed by atoms with Crippen molar-refractivity contribution in [3.05, 3.63) is 36.1 Å². The first-order valence-electron chi connectivity index (χ1n) is 4.53. The lowest BCUT2D eigenvalue weighted by Crippen LogP contribution is -1.90. The molecular formula is C11H8F2O. The first kappa shape index (κ1) is 7.97. The number of fused-ring (bicyclic) bond motifs is 1. The van der Waals surface area contributed by atoms with Crippen molar-refractivity contribution in [1.29, 1.82) is 0 Å². The molecule has 1 fully saturated rings. The topological polar surface area (TPSA) is 13.1 Å². The summed E-state index contributed by atoms with van der Waals surface area (Å²) in [5, 5.41) is 0.894. The van der Waals surface area contributed by atoms with Gasteiger partial charge >= 0.3 is 0 Å². The minimum Gasteiger partial charge on any atom is -0.461 e. The molecule has 3 heteroatoms. The Hall–Kier alpha value is -1.38. The molecule has 1 heterocycles. The van der Waals surface area contributed by atoms with E-state index in [0.29, 0.717) is 11.3 Å². The minimum atomic E-state index is -2.55. The first-order chi connectivity index (χ1) is 6.67. The van der Waals surface area contributed by atoms with Crippen LogP contribution in [0.25, 0.3) is 11.0 Å². The van der Waals surface area contributed by atoms with Gasteiger partial charge in [-0.2, -0.15) is 0 Å². The van der Waals surface area contributed by atoms with Gasteiger partial charge in [0.05, 0.1) is 5.92 Å². The zero-order valence-electron chi connectivity index (χ0n) is 7.34. The maximum absolute atomic E-state index is 12.8. The molecule has 0 saturated heterocycles. The normalized spacial score (nSPS) is 24.0. The molecule has 1 aliphatic rings. The van der Waals surface area contributed by atoms with Crippen LogP contribution in [0.15, 0.2) is 34.7 Å². The third-order valence-electron chi connectivity index (χ3n) is 2.61. The minimum absolute atomic E-state index is 0.0766. The summed E-state index contributed by atoms with van der Waals surface area (Å²) in [4.78, 5) is 0. The average Bonchev–Trinajstić information content (AvgIpc) is 2.62. The highest BCUT2D eigenvalue weighted by atomic mass is 19.3. The largest absolute Gasteiger partial charge is 0.461 e. The molecule has 1 aliphatic carbocycles. The fraction of sp³-hybridized carbons (Fsp3) is 0.273. The van der Waals surface area contributed by atoms with Crippen LogP contribution in [0.2, 0.25) is 0 Å². The molecule has 0 amide bonds. The van der Waals surface area contributed by atoms with Crippen molar-refractivity contribution in [3.63, 3.8) is 0 Å². The molecule has 0 spiro atoms. The number of rotatable bonds is 1. The average molecular weight is 194 g/mol. The smallest absolute Gasteiger partial charge is 0.259 e. The van der Waals surface area contributed by atoms with Crippen molar-refractivity contribution in [1.82, 2.24) is 0 Å².